The van der Waals surface area contributed by atoms with E-state index in [1.54, 1.807) is 19.1 Å². The minimum Gasteiger partial charge on any atom is -0.478 e. The van der Waals surface area contributed by atoms with Crippen LogP contribution in [0.5, 0.6) is 0 Å². The maximum atomic E-state index is 11.7. The van der Waals surface area contributed by atoms with Gasteiger partial charge in [0.05, 0.1) is 17.9 Å². The Kier molecular flexibility index (Phi) is 8.80. The van der Waals surface area contributed by atoms with Gasteiger partial charge < -0.3 is 9.84 Å². The summed E-state index contributed by atoms with van der Waals surface area (Å²) in [6.07, 6.45) is 7.44. The molecule has 0 bridgehead atoms. The van der Waals surface area contributed by atoms with Crippen molar-refractivity contribution >= 4 is 17.7 Å². The van der Waals surface area contributed by atoms with Crippen LogP contribution in [0.1, 0.15) is 67.8 Å². The molecule has 0 unspecified atom stereocenters. The lowest BCUT2D eigenvalue weighted by Crippen LogP contribution is -2.16. The van der Waals surface area contributed by atoms with E-state index in [1.807, 2.05) is 0 Å². The van der Waals surface area contributed by atoms with Gasteiger partial charge in [0, 0.05) is 0 Å². The minimum absolute atomic E-state index is 0.0675. The number of hydrogen-bond acceptors (Lipinski definition) is 3. The van der Waals surface area contributed by atoms with Gasteiger partial charge in [0.1, 0.15) is 0 Å². The Labute approximate surface area is 138 Å². The van der Waals surface area contributed by atoms with Crippen molar-refractivity contribution in [1.82, 2.24) is 0 Å². The van der Waals surface area contributed by atoms with Crippen molar-refractivity contribution in [2.45, 2.75) is 58.8 Å². The highest BCUT2D eigenvalue weighted by Crippen LogP contribution is 2.17. The van der Waals surface area contributed by atoms with E-state index in [2.05, 4.69) is 12.2 Å². The molecule has 0 heterocycles. The summed E-state index contributed by atoms with van der Waals surface area (Å²) < 4.78 is 5.10. The van der Waals surface area contributed by atoms with E-state index in [0.29, 0.717) is 6.61 Å². The third kappa shape index (κ3) is 7.68. The first-order chi connectivity index (χ1) is 11.0. The summed E-state index contributed by atoms with van der Waals surface area (Å²) >= 11 is 0. The molecule has 0 aliphatic rings. The molecular weight excluding hydrogens is 294 g/mol. The van der Waals surface area contributed by atoms with Gasteiger partial charge in [-0.2, -0.15) is 0 Å². The number of unbranched alkanes of at least 4 members (excludes halogenated alkanes) is 6. The number of amides is 1. The molecule has 1 aromatic carbocycles. The van der Waals surface area contributed by atoms with Crippen LogP contribution in [0.15, 0.2) is 18.2 Å². The van der Waals surface area contributed by atoms with Crippen LogP contribution in [0.4, 0.5) is 10.5 Å². The molecule has 0 fully saturated rings. The van der Waals surface area contributed by atoms with Crippen molar-refractivity contribution in [2.75, 3.05) is 11.9 Å². The summed E-state index contributed by atoms with van der Waals surface area (Å²) in [5.74, 6) is -1.07. The molecule has 5 nitrogen and oxygen atoms in total. The number of aryl methyl sites for hydroxylation is 1. The fourth-order valence-corrected chi connectivity index (χ4v) is 2.31. The van der Waals surface area contributed by atoms with Crippen molar-refractivity contribution < 1.29 is 19.4 Å². The lowest BCUT2D eigenvalue weighted by atomic mass is 10.1. The van der Waals surface area contributed by atoms with Crippen LogP contribution in [0.3, 0.4) is 0 Å². The van der Waals surface area contributed by atoms with Gasteiger partial charge in [-0.15, -0.1) is 0 Å². The van der Waals surface area contributed by atoms with Crippen LogP contribution in [0, 0.1) is 6.92 Å². The first kappa shape index (κ1) is 19.0. The molecule has 23 heavy (non-hydrogen) atoms. The van der Waals surface area contributed by atoms with Crippen LogP contribution in [-0.4, -0.2) is 23.8 Å². The van der Waals surface area contributed by atoms with Crippen LogP contribution < -0.4 is 5.32 Å². The Morgan fingerprint density at radius 2 is 1.74 bits per heavy atom. The van der Waals surface area contributed by atoms with Crippen molar-refractivity contribution in [2.24, 2.45) is 0 Å². The largest absolute Gasteiger partial charge is 0.478 e. The molecule has 0 aromatic heterocycles. The van der Waals surface area contributed by atoms with Crippen LogP contribution in [0.2, 0.25) is 0 Å². The molecule has 1 aromatic rings. The monoisotopic (exact) mass is 321 g/mol. The second-order valence-electron chi connectivity index (χ2n) is 5.74. The number of carboxylic acids is 1. The normalized spacial score (nSPS) is 10.3. The smallest absolute Gasteiger partial charge is 0.411 e. The van der Waals surface area contributed by atoms with E-state index in [-0.39, 0.29) is 11.3 Å². The summed E-state index contributed by atoms with van der Waals surface area (Å²) in [5, 5.41) is 11.6. The van der Waals surface area contributed by atoms with Gasteiger partial charge in [0.25, 0.3) is 0 Å². The minimum atomic E-state index is -1.07. The molecule has 0 saturated carbocycles. The molecule has 5 heteroatoms. The summed E-state index contributed by atoms with van der Waals surface area (Å²) in [4.78, 5) is 22.9. The Bertz CT molecular complexity index is 514. The second kappa shape index (κ2) is 10.6. The van der Waals surface area contributed by atoms with Gasteiger partial charge in [0.2, 0.25) is 0 Å². The van der Waals surface area contributed by atoms with Crippen molar-refractivity contribution in [1.29, 1.82) is 0 Å². The molecule has 0 aliphatic carbocycles. The Hall–Kier alpha value is -2.04. The SMILES string of the molecule is CCCCCCCCCOC(=O)Nc1ccc(C)cc1C(=O)O. The summed E-state index contributed by atoms with van der Waals surface area (Å²) in [6, 6.07) is 4.85. The maximum absolute atomic E-state index is 11.7. The number of rotatable bonds is 10. The number of anilines is 1. The number of carboxylic acid groups (broad SMARTS) is 1. The molecule has 0 saturated heterocycles. The molecule has 0 spiro atoms. The van der Waals surface area contributed by atoms with Gasteiger partial charge in [-0.3, -0.25) is 5.32 Å². The number of carbonyl (C=O) groups excluding carboxylic acids is 1. The van der Waals surface area contributed by atoms with Gasteiger partial charge in [-0.1, -0.05) is 57.1 Å². The van der Waals surface area contributed by atoms with E-state index in [4.69, 9.17) is 9.84 Å². The third-order valence-corrected chi connectivity index (χ3v) is 3.62. The zero-order chi connectivity index (χ0) is 17.1. The van der Waals surface area contributed by atoms with Crippen molar-refractivity contribution in [3.05, 3.63) is 29.3 Å². The molecular formula is C18H27NO4. The lowest BCUT2D eigenvalue weighted by Gasteiger charge is -2.10. The van der Waals surface area contributed by atoms with E-state index in [0.717, 1.165) is 24.8 Å². The first-order valence-corrected chi connectivity index (χ1v) is 8.32. The molecule has 0 aliphatic heterocycles. The fraction of sp³-hybridized carbons (Fsp3) is 0.556. The average molecular weight is 321 g/mol. The van der Waals surface area contributed by atoms with Gasteiger partial charge in [0.15, 0.2) is 0 Å². The molecule has 0 atom stereocenters. The first-order valence-electron chi connectivity index (χ1n) is 8.32. The molecule has 128 valence electrons. The zero-order valence-electron chi connectivity index (χ0n) is 14.1. The molecule has 1 rings (SSSR count). The number of aromatic carboxylic acids is 1. The number of benzene rings is 1. The number of nitrogens with one attached hydrogen (secondary N) is 1. The van der Waals surface area contributed by atoms with Gasteiger partial charge in [-0.25, -0.2) is 9.59 Å². The number of carbonyl (C=O) groups is 2. The van der Waals surface area contributed by atoms with Crippen molar-refractivity contribution in [3.8, 4) is 0 Å². The zero-order valence-corrected chi connectivity index (χ0v) is 14.1. The van der Waals surface area contributed by atoms with Crippen LogP contribution >= 0.6 is 0 Å². The highest BCUT2D eigenvalue weighted by Gasteiger charge is 2.13. The fourth-order valence-electron chi connectivity index (χ4n) is 2.31. The molecule has 0 radical (unpaired) electrons. The van der Waals surface area contributed by atoms with Crippen molar-refractivity contribution in [3.63, 3.8) is 0 Å². The standard InChI is InChI=1S/C18H27NO4/c1-3-4-5-6-7-8-9-12-23-18(22)19-16-11-10-14(2)13-15(16)17(20)21/h10-11,13H,3-9,12H2,1-2H3,(H,19,22)(H,20,21). The lowest BCUT2D eigenvalue weighted by molar-refractivity contribution is 0.0698. The van der Waals surface area contributed by atoms with E-state index in [1.165, 1.54) is 31.7 Å². The van der Waals surface area contributed by atoms with Crippen LogP contribution in [0.25, 0.3) is 0 Å². The highest BCUT2D eigenvalue weighted by molar-refractivity contribution is 5.98. The topological polar surface area (TPSA) is 75.6 Å². The number of hydrogen-bond donors (Lipinski definition) is 2. The van der Waals surface area contributed by atoms with Crippen LogP contribution in [-0.2, 0) is 4.74 Å². The Morgan fingerprint density at radius 1 is 1.09 bits per heavy atom. The predicted octanol–water partition coefficient (Wildman–Crippen LogP) is 4.99. The summed E-state index contributed by atoms with van der Waals surface area (Å²) in [5.41, 5.74) is 1.15. The molecule has 1 amide bonds. The summed E-state index contributed by atoms with van der Waals surface area (Å²) in [6.45, 7) is 4.35. The number of ether oxygens (including phenoxy) is 1. The third-order valence-electron chi connectivity index (χ3n) is 3.62. The highest BCUT2D eigenvalue weighted by atomic mass is 16.5. The average Bonchev–Trinajstić information content (AvgIpc) is 2.51. The van der Waals surface area contributed by atoms with Gasteiger partial charge in [-0.05, 0) is 25.5 Å². The maximum Gasteiger partial charge on any atom is 0.411 e. The van der Waals surface area contributed by atoms with E-state index >= 15 is 0 Å². The summed E-state index contributed by atoms with van der Waals surface area (Å²) in [7, 11) is 0. The Balaban J connectivity index is 2.28. The van der Waals surface area contributed by atoms with E-state index < -0.39 is 12.1 Å². The quantitative estimate of drug-likeness (QED) is 0.595. The molecule has 2 N–H and O–H groups in total. The Morgan fingerprint density at radius 3 is 2.39 bits per heavy atom. The predicted molar refractivity (Wildman–Crippen MR) is 91.1 cm³/mol. The second-order valence-corrected chi connectivity index (χ2v) is 5.74. The van der Waals surface area contributed by atoms with E-state index in [9.17, 15) is 9.59 Å². The van der Waals surface area contributed by atoms with Gasteiger partial charge >= 0.3 is 12.1 Å².